The zero-order valence-electron chi connectivity index (χ0n) is 9.73. The molecule has 0 saturated carbocycles. The number of nitrogens with one attached hydrogen (secondary N) is 1. The van der Waals surface area contributed by atoms with Crippen LogP contribution in [0.4, 0.5) is 5.69 Å². The summed E-state index contributed by atoms with van der Waals surface area (Å²) >= 11 is 5.47. The van der Waals surface area contributed by atoms with Crippen molar-refractivity contribution in [3.8, 4) is 0 Å². The van der Waals surface area contributed by atoms with Gasteiger partial charge in [-0.3, -0.25) is 4.79 Å². The van der Waals surface area contributed by atoms with E-state index < -0.39 is 0 Å². The van der Waals surface area contributed by atoms with Gasteiger partial charge in [-0.15, -0.1) is 11.6 Å². The Morgan fingerprint density at radius 1 is 1.41 bits per heavy atom. The van der Waals surface area contributed by atoms with Crippen molar-refractivity contribution in [2.75, 3.05) is 23.9 Å². The predicted octanol–water partition coefficient (Wildman–Crippen LogP) is 2.01. The number of nitrogens with zero attached hydrogens (tertiary/aromatic N) is 1. The highest BCUT2D eigenvalue weighted by Crippen LogP contribution is 2.24. The first-order valence-corrected chi connectivity index (χ1v) is 6.49. The molecular formula is C13H17ClN2O. The molecule has 1 N–H and O–H groups in total. The quantitative estimate of drug-likeness (QED) is 0.832. The van der Waals surface area contributed by atoms with Crippen LogP contribution in [0.1, 0.15) is 12.8 Å². The lowest BCUT2D eigenvalue weighted by Crippen LogP contribution is -2.40. The van der Waals surface area contributed by atoms with E-state index in [1.165, 1.54) is 12.1 Å². The second-order valence-corrected chi connectivity index (χ2v) is 4.53. The molecule has 1 aromatic rings. The van der Waals surface area contributed by atoms with Gasteiger partial charge in [-0.25, -0.2) is 0 Å². The van der Waals surface area contributed by atoms with Gasteiger partial charge in [0.1, 0.15) is 5.88 Å². The number of amides is 1. The fraction of sp³-hybridized carbons (Fsp3) is 0.462. The number of halogens is 1. The van der Waals surface area contributed by atoms with Crippen LogP contribution in [0.3, 0.4) is 0 Å². The van der Waals surface area contributed by atoms with E-state index in [-0.39, 0.29) is 11.8 Å². The van der Waals surface area contributed by atoms with Crippen LogP contribution in [-0.4, -0.2) is 30.9 Å². The van der Waals surface area contributed by atoms with E-state index in [2.05, 4.69) is 22.3 Å². The molecule has 1 saturated heterocycles. The van der Waals surface area contributed by atoms with Crippen LogP contribution in [0.25, 0.3) is 0 Å². The van der Waals surface area contributed by atoms with E-state index in [0.29, 0.717) is 12.6 Å². The Labute approximate surface area is 107 Å². The van der Waals surface area contributed by atoms with E-state index in [1.807, 2.05) is 18.2 Å². The van der Waals surface area contributed by atoms with Gasteiger partial charge < -0.3 is 10.2 Å². The molecule has 4 heteroatoms. The first-order chi connectivity index (χ1) is 8.31. The number of para-hydroxylation sites is 1. The molecule has 1 aliphatic heterocycles. The first-order valence-electron chi connectivity index (χ1n) is 5.95. The second-order valence-electron chi connectivity index (χ2n) is 4.26. The van der Waals surface area contributed by atoms with E-state index in [0.717, 1.165) is 13.0 Å². The summed E-state index contributed by atoms with van der Waals surface area (Å²) in [5.41, 5.74) is 1.23. The van der Waals surface area contributed by atoms with Crippen molar-refractivity contribution in [2.45, 2.75) is 18.9 Å². The van der Waals surface area contributed by atoms with Gasteiger partial charge in [-0.05, 0) is 25.0 Å². The molecule has 17 heavy (non-hydrogen) atoms. The zero-order valence-corrected chi connectivity index (χ0v) is 10.5. The fourth-order valence-electron chi connectivity index (χ4n) is 2.29. The van der Waals surface area contributed by atoms with Gasteiger partial charge in [0, 0.05) is 24.8 Å². The molecule has 1 aliphatic rings. The third-order valence-corrected chi connectivity index (χ3v) is 3.36. The molecular weight excluding hydrogens is 236 g/mol. The summed E-state index contributed by atoms with van der Waals surface area (Å²) < 4.78 is 0. The molecule has 0 spiro atoms. The van der Waals surface area contributed by atoms with Crippen LogP contribution >= 0.6 is 11.6 Å². The number of hydrogen-bond acceptors (Lipinski definition) is 2. The molecule has 1 fully saturated rings. The number of carbonyl (C=O) groups is 1. The molecule has 0 aromatic heterocycles. The minimum atomic E-state index is -0.0911. The summed E-state index contributed by atoms with van der Waals surface area (Å²) in [6.45, 7) is 1.74. The minimum Gasteiger partial charge on any atom is -0.367 e. The molecule has 0 radical (unpaired) electrons. The first kappa shape index (κ1) is 12.2. The average molecular weight is 253 g/mol. The number of anilines is 1. The SMILES string of the molecule is O=C(CCl)NC[C@@H]1CCCN1c1ccccc1. The Bertz CT molecular complexity index is 369. The lowest BCUT2D eigenvalue weighted by Gasteiger charge is -2.26. The number of alkyl halides is 1. The highest BCUT2D eigenvalue weighted by atomic mass is 35.5. The van der Waals surface area contributed by atoms with E-state index in [1.54, 1.807) is 0 Å². The Hall–Kier alpha value is -1.22. The Morgan fingerprint density at radius 2 is 2.18 bits per heavy atom. The molecule has 0 unspecified atom stereocenters. The highest BCUT2D eigenvalue weighted by Gasteiger charge is 2.24. The average Bonchev–Trinajstić information content (AvgIpc) is 2.85. The Morgan fingerprint density at radius 3 is 2.88 bits per heavy atom. The fourth-order valence-corrected chi connectivity index (χ4v) is 2.38. The van der Waals surface area contributed by atoms with E-state index in [4.69, 9.17) is 11.6 Å². The number of benzene rings is 1. The summed E-state index contributed by atoms with van der Waals surface area (Å²) in [5, 5.41) is 2.86. The molecule has 0 aliphatic carbocycles. The maximum atomic E-state index is 11.2. The number of rotatable bonds is 4. The van der Waals surface area contributed by atoms with Crippen molar-refractivity contribution >= 4 is 23.2 Å². The van der Waals surface area contributed by atoms with Gasteiger partial charge in [0.25, 0.3) is 0 Å². The normalized spacial score (nSPS) is 19.4. The van der Waals surface area contributed by atoms with Crippen molar-refractivity contribution in [2.24, 2.45) is 0 Å². The van der Waals surface area contributed by atoms with Gasteiger partial charge in [0.2, 0.25) is 5.91 Å². The summed E-state index contributed by atoms with van der Waals surface area (Å²) in [6, 6.07) is 10.7. The van der Waals surface area contributed by atoms with Crippen LogP contribution in [0.15, 0.2) is 30.3 Å². The number of carbonyl (C=O) groups excluding carboxylic acids is 1. The largest absolute Gasteiger partial charge is 0.367 e. The predicted molar refractivity (Wildman–Crippen MR) is 70.5 cm³/mol. The molecule has 92 valence electrons. The molecule has 3 nitrogen and oxygen atoms in total. The molecule has 0 bridgehead atoms. The van der Waals surface area contributed by atoms with E-state index in [9.17, 15) is 4.79 Å². The van der Waals surface area contributed by atoms with Gasteiger partial charge in [0.15, 0.2) is 0 Å². The van der Waals surface area contributed by atoms with Crippen molar-refractivity contribution < 1.29 is 4.79 Å². The summed E-state index contributed by atoms with van der Waals surface area (Å²) in [4.78, 5) is 13.5. The molecule has 2 rings (SSSR count). The zero-order chi connectivity index (χ0) is 12.1. The third-order valence-electron chi connectivity index (χ3n) is 3.12. The van der Waals surface area contributed by atoms with Gasteiger partial charge in [-0.1, -0.05) is 18.2 Å². The maximum Gasteiger partial charge on any atom is 0.234 e. The monoisotopic (exact) mass is 252 g/mol. The lowest BCUT2D eigenvalue weighted by atomic mass is 10.2. The van der Waals surface area contributed by atoms with Gasteiger partial charge in [-0.2, -0.15) is 0 Å². The highest BCUT2D eigenvalue weighted by molar-refractivity contribution is 6.27. The van der Waals surface area contributed by atoms with Crippen LogP contribution in [0.2, 0.25) is 0 Å². The second kappa shape index (κ2) is 5.92. The maximum absolute atomic E-state index is 11.2. The third kappa shape index (κ3) is 3.13. The molecule has 1 heterocycles. The van der Waals surface area contributed by atoms with Crippen LogP contribution < -0.4 is 10.2 Å². The minimum absolute atomic E-state index is 0.0397. The molecule has 1 aromatic carbocycles. The molecule has 1 amide bonds. The van der Waals surface area contributed by atoms with Crippen molar-refractivity contribution in [1.82, 2.24) is 5.32 Å². The standard InChI is InChI=1S/C13H17ClN2O/c14-9-13(17)15-10-12-7-4-8-16(12)11-5-2-1-3-6-11/h1-3,5-6,12H,4,7-10H2,(H,15,17)/t12-/m0/s1. The summed E-state index contributed by atoms with van der Waals surface area (Å²) in [5.74, 6) is -0.0514. The van der Waals surface area contributed by atoms with Crippen LogP contribution in [0.5, 0.6) is 0 Å². The number of hydrogen-bond donors (Lipinski definition) is 1. The molecule has 1 atom stereocenters. The van der Waals surface area contributed by atoms with E-state index >= 15 is 0 Å². The van der Waals surface area contributed by atoms with Crippen molar-refractivity contribution in [1.29, 1.82) is 0 Å². The van der Waals surface area contributed by atoms with Crippen LogP contribution in [0, 0.1) is 0 Å². The summed E-state index contributed by atoms with van der Waals surface area (Å²) in [7, 11) is 0. The Balaban J connectivity index is 1.96. The lowest BCUT2D eigenvalue weighted by molar-refractivity contribution is -0.118. The summed E-state index contributed by atoms with van der Waals surface area (Å²) in [6.07, 6.45) is 2.30. The smallest absolute Gasteiger partial charge is 0.234 e. The van der Waals surface area contributed by atoms with Crippen molar-refractivity contribution in [3.05, 3.63) is 30.3 Å². The van der Waals surface area contributed by atoms with Crippen LogP contribution in [-0.2, 0) is 4.79 Å². The van der Waals surface area contributed by atoms with Gasteiger partial charge in [0.05, 0.1) is 0 Å². The topological polar surface area (TPSA) is 32.3 Å². The van der Waals surface area contributed by atoms with Gasteiger partial charge >= 0.3 is 0 Å². The van der Waals surface area contributed by atoms with Crippen molar-refractivity contribution in [3.63, 3.8) is 0 Å². The Kier molecular flexibility index (Phi) is 4.26.